The number of hydrogen-bond acceptors (Lipinski definition) is 1. The Morgan fingerprint density at radius 1 is 1.39 bits per heavy atom. The van der Waals surface area contributed by atoms with E-state index < -0.39 is 5.97 Å². The van der Waals surface area contributed by atoms with Gasteiger partial charge >= 0.3 is 5.97 Å². The van der Waals surface area contributed by atoms with Crippen molar-refractivity contribution < 1.29 is 9.90 Å². The number of nitrogens with one attached hydrogen (secondary N) is 1. The molecule has 0 fully saturated rings. The van der Waals surface area contributed by atoms with E-state index in [4.69, 9.17) is 5.11 Å². The van der Waals surface area contributed by atoms with E-state index in [1.54, 1.807) is 0 Å². The van der Waals surface area contributed by atoms with Crippen molar-refractivity contribution in [2.45, 2.75) is 20.8 Å². The molecule has 0 radical (unpaired) electrons. The summed E-state index contributed by atoms with van der Waals surface area (Å²) in [5.41, 5.74) is 4.03. The SMILES string of the molecule is Cc1ccc2[nH]cc(/C(=C/C(=O)O)C(C)C)c2c1. The molecule has 18 heavy (non-hydrogen) atoms. The molecule has 0 atom stereocenters. The molecule has 0 saturated heterocycles. The Morgan fingerprint density at radius 2 is 2.11 bits per heavy atom. The second-order valence-corrected chi connectivity index (χ2v) is 4.84. The molecule has 0 aliphatic rings. The summed E-state index contributed by atoms with van der Waals surface area (Å²) in [7, 11) is 0. The highest BCUT2D eigenvalue weighted by molar-refractivity contribution is 5.98. The normalized spacial score (nSPS) is 12.3. The van der Waals surface area contributed by atoms with Crippen LogP contribution in [0.4, 0.5) is 0 Å². The number of benzene rings is 1. The van der Waals surface area contributed by atoms with Gasteiger partial charge in [-0.25, -0.2) is 4.79 Å². The summed E-state index contributed by atoms with van der Waals surface area (Å²) in [6.45, 7) is 6.04. The highest BCUT2D eigenvalue weighted by atomic mass is 16.4. The third-order valence-corrected chi connectivity index (χ3v) is 3.05. The van der Waals surface area contributed by atoms with Gasteiger partial charge in [-0.05, 0) is 30.5 Å². The minimum absolute atomic E-state index is 0.167. The molecule has 2 N–H and O–H groups in total. The van der Waals surface area contributed by atoms with Gasteiger partial charge in [0, 0.05) is 28.7 Å². The highest BCUT2D eigenvalue weighted by Gasteiger charge is 2.13. The number of H-pyrrole nitrogens is 1. The van der Waals surface area contributed by atoms with E-state index in [1.807, 2.05) is 39.1 Å². The highest BCUT2D eigenvalue weighted by Crippen LogP contribution is 2.30. The Bertz CT molecular complexity index is 620. The predicted octanol–water partition coefficient (Wildman–Crippen LogP) is 3.60. The van der Waals surface area contributed by atoms with Crippen molar-refractivity contribution in [3.05, 3.63) is 41.6 Å². The van der Waals surface area contributed by atoms with Crippen LogP contribution in [0.1, 0.15) is 25.0 Å². The molecule has 0 spiro atoms. The molecule has 3 heteroatoms. The van der Waals surface area contributed by atoms with Crippen LogP contribution in [0.25, 0.3) is 16.5 Å². The van der Waals surface area contributed by atoms with Gasteiger partial charge < -0.3 is 10.1 Å². The maximum Gasteiger partial charge on any atom is 0.328 e. The van der Waals surface area contributed by atoms with Gasteiger partial charge in [0.15, 0.2) is 0 Å². The Hall–Kier alpha value is -2.03. The Morgan fingerprint density at radius 3 is 2.72 bits per heavy atom. The number of hydrogen-bond donors (Lipinski definition) is 2. The molecule has 0 saturated carbocycles. The van der Waals surface area contributed by atoms with Crippen LogP contribution in [0.2, 0.25) is 0 Å². The average Bonchev–Trinajstić information content (AvgIpc) is 2.68. The first-order valence-electron chi connectivity index (χ1n) is 6.01. The molecule has 2 rings (SSSR count). The van der Waals surface area contributed by atoms with Gasteiger partial charge in [0.25, 0.3) is 0 Å². The monoisotopic (exact) mass is 243 g/mol. The average molecular weight is 243 g/mol. The molecule has 94 valence electrons. The topological polar surface area (TPSA) is 53.1 Å². The number of aromatic amines is 1. The van der Waals surface area contributed by atoms with Gasteiger partial charge in [-0.15, -0.1) is 0 Å². The van der Waals surface area contributed by atoms with Crippen molar-refractivity contribution >= 4 is 22.4 Å². The number of carboxylic acid groups (broad SMARTS) is 1. The fraction of sp³-hybridized carbons (Fsp3) is 0.267. The fourth-order valence-corrected chi connectivity index (χ4v) is 2.16. The van der Waals surface area contributed by atoms with Gasteiger partial charge in [-0.2, -0.15) is 0 Å². The molecule has 1 heterocycles. The number of allylic oxidation sites excluding steroid dienone is 1. The summed E-state index contributed by atoms with van der Waals surface area (Å²) in [6.07, 6.45) is 3.19. The molecule has 2 aromatic rings. The van der Waals surface area contributed by atoms with Gasteiger partial charge in [-0.3, -0.25) is 0 Å². The minimum Gasteiger partial charge on any atom is -0.478 e. The molecule has 1 aromatic carbocycles. The van der Waals surface area contributed by atoms with Crippen LogP contribution in [0.15, 0.2) is 30.5 Å². The van der Waals surface area contributed by atoms with Gasteiger partial charge in [0.05, 0.1) is 0 Å². The lowest BCUT2D eigenvalue weighted by atomic mass is 9.94. The van der Waals surface area contributed by atoms with Gasteiger partial charge in [-0.1, -0.05) is 25.5 Å². The lowest BCUT2D eigenvalue weighted by Crippen LogP contribution is -1.98. The summed E-state index contributed by atoms with van der Waals surface area (Å²) in [6, 6.07) is 6.14. The predicted molar refractivity (Wildman–Crippen MR) is 73.5 cm³/mol. The van der Waals surface area contributed by atoms with Gasteiger partial charge in [0.1, 0.15) is 0 Å². The third kappa shape index (κ3) is 2.30. The summed E-state index contributed by atoms with van der Waals surface area (Å²) in [5.74, 6) is -0.735. The Balaban J connectivity index is 2.65. The molecular formula is C15H17NO2. The quantitative estimate of drug-likeness (QED) is 0.809. The van der Waals surface area contributed by atoms with Crippen LogP contribution in [0, 0.1) is 12.8 Å². The Kier molecular flexibility index (Phi) is 3.24. The number of rotatable bonds is 3. The second kappa shape index (κ2) is 4.69. The van der Waals surface area contributed by atoms with Crippen molar-refractivity contribution in [2.24, 2.45) is 5.92 Å². The lowest BCUT2D eigenvalue weighted by Gasteiger charge is -2.09. The molecule has 0 aliphatic heterocycles. The first-order valence-corrected chi connectivity index (χ1v) is 6.01. The van der Waals surface area contributed by atoms with Crippen molar-refractivity contribution in [1.82, 2.24) is 4.98 Å². The van der Waals surface area contributed by atoms with Gasteiger partial charge in [0.2, 0.25) is 0 Å². The lowest BCUT2D eigenvalue weighted by molar-refractivity contribution is -0.131. The third-order valence-electron chi connectivity index (χ3n) is 3.05. The standard InChI is InChI=1S/C15H17NO2/c1-9(2)11(7-15(17)18)13-8-16-14-5-4-10(3)6-12(13)14/h4-9,16H,1-3H3,(H,17,18)/b11-7+. The fourth-order valence-electron chi connectivity index (χ4n) is 2.16. The smallest absolute Gasteiger partial charge is 0.328 e. The van der Waals surface area contributed by atoms with Crippen molar-refractivity contribution in [2.75, 3.05) is 0 Å². The van der Waals surface area contributed by atoms with Crippen LogP contribution in [-0.4, -0.2) is 16.1 Å². The summed E-state index contributed by atoms with van der Waals surface area (Å²) in [5, 5.41) is 10.1. The molecule has 0 amide bonds. The molecule has 0 unspecified atom stereocenters. The van der Waals surface area contributed by atoms with E-state index in [1.165, 1.54) is 11.6 Å². The van der Waals surface area contributed by atoms with E-state index in [-0.39, 0.29) is 5.92 Å². The zero-order valence-corrected chi connectivity index (χ0v) is 10.8. The molecule has 0 bridgehead atoms. The van der Waals surface area contributed by atoms with Crippen molar-refractivity contribution in [3.63, 3.8) is 0 Å². The van der Waals surface area contributed by atoms with Crippen LogP contribution in [0.5, 0.6) is 0 Å². The van der Waals surface area contributed by atoms with Crippen LogP contribution in [0.3, 0.4) is 0 Å². The van der Waals surface area contributed by atoms with E-state index >= 15 is 0 Å². The number of aliphatic carboxylic acids is 1. The van der Waals surface area contributed by atoms with Crippen molar-refractivity contribution in [1.29, 1.82) is 0 Å². The molecule has 3 nitrogen and oxygen atoms in total. The maximum absolute atomic E-state index is 10.9. The summed E-state index contributed by atoms with van der Waals surface area (Å²) < 4.78 is 0. The van der Waals surface area contributed by atoms with Crippen molar-refractivity contribution in [3.8, 4) is 0 Å². The number of aryl methyl sites for hydroxylation is 1. The maximum atomic E-state index is 10.9. The minimum atomic E-state index is -0.902. The Labute approximate surface area is 106 Å². The first-order chi connectivity index (χ1) is 8.49. The second-order valence-electron chi connectivity index (χ2n) is 4.84. The van der Waals surface area contributed by atoms with E-state index in [2.05, 4.69) is 11.1 Å². The number of aromatic nitrogens is 1. The first kappa shape index (κ1) is 12.4. The largest absolute Gasteiger partial charge is 0.478 e. The van der Waals surface area contributed by atoms with E-state index in [0.29, 0.717) is 0 Å². The summed E-state index contributed by atoms with van der Waals surface area (Å²) in [4.78, 5) is 14.1. The van der Waals surface area contributed by atoms with E-state index in [9.17, 15) is 4.79 Å². The zero-order valence-electron chi connectivity index (χ0n) is 10.8. The number of carboxylic acids is 1. The molecule has 0 aliphatic carbocycles. The number of carbonyl (C=O) groups is 1. The van der Waals surface area contributed by atoms with Crippen LogP contribution >= 0.6 is 0 Å². The van der Waals surface area contributed by atoms with Crippen LogP contribution in [-0.2, 0) is 4.79 Å². The summed E-state index contributed by atoms with van der Waals surface area (Å²) >= 11 is 0. The number of fused-ring (bicyclic) bond motifs is 1. The molecule has 1 aromatic heterocycles. The molecular weight excluding hydrogens is 226 g/mol. The zero-order chi connectivity index (χ0) is 13.3. The van der Waals surface area contributed by atoms with E-state index in [0.717, 1.165) is 22.0 Å². The van der Waals surface area contributed by atoms with Crippen LogP contribution < -0.4 is 0 Å².